The van der Waals surface area contributed by atoms with Crippen LogP contribution in [0.4, 0.5) is 4.39 Å². The number of para-hydroxylation sites is 1. The molecule has 0 saturated heterocycles. The fraction of sp³-hybridized carbons (Fsp3) is 0.167. The van der Waals surface area contributed by atoms with Gasteiger partial charge in [-0.05, 0) is 12.1 Å². The Balaban J connectivity index is 1.66. The molecular formula is C18H13FN4O2S. The standard InChI is InChI=1S/C18H13FN4O2S/c19-11-3-1-2-10-6-13(25-17(10)11)16-15-12(21-8-22-15)4-5-23(16)18(24)14-7-20-9-26-14/h1-3,6-9,16H,4-5H2,(H,21,22)/t16-/m0/s1. The smallest absolute Gasteiger partial charge is 0.266 e. The van der Waals surface area contributed by atoms with Crippen molar-refractivity contribution in [3.8, 4) is 0 Å². The number of halogens is 1. The number of thiazole rings is 1. The van der Waals surface area contributed by atoms with Gasteiger partial charge in [-0.3, -0.25) is 9.78 Å². The molecule has 0 spiro atoms. The van der Waals surface area contributed by atoms with E-state index in [1.165, 1.54) is 17.4 Å². The predicted molar refractivity (Wildman–Crippen MR) is 93.5 cm³/mol. The molecule has 4 heterocycles. The Kier molecular flexibility index (Phi) is 3.39. The maximum absolute atomic E-state index is 14.1. The van der Waals surface area contributed by atoms with E-state index in [0.717, 1.165) is 11.4 Å². The number of aromatic nitrogens is 3. The number of imidazole rings is 1. The number of furan rings is 1. The van der Waals surface area contributed by atoms with Gasteiger partial charge in [0, 0.05) is 24.0 Å². The molecule has 0 bridgehead atoms. The van der Waals surface area contributed by atoms with Crippen molar-refractivity contribution >= 4 is 28.2 Å². The summed E-state index contributed by atoms with van der Waals surface area (Å²) < 4.78 is 19.9. The molecule has 6 nitrogen and oxygen atoms in total. The van der Waals surface area contributed by atoms with E-state index in [1.807, 2.05) is 0 Å². The first-order valence-electron chi connectivity index (χ1n) is 8.12. The summed E-state index contributed by atoms with van der Waals surface area (Å²) in [6.07, 6.45) is 3.84. The van der Waals surface area contributed by atoms with Crippen LogP contribution in [-0.2, 0) is 6.42 Å². The quantitative estimate of drug-likeness (QED) is 0.587. The predicted octanol–water partition coefficient (Wildman–Crippen LogP) is 3.54. The molecule has 5 rings (SSSR count). The number of rotatable bonds is 2. The second-order valence-electron chi connectivity index (χ2n) is 6.09. The first-order valence-corrected chi connectivity index (χ1v) is 9.00. The van der Waals surface area contributed by atoms with Crippen LogP contribution in [0.2, 0.25) is 0 Å². The third-order valence-corrected chi connectivity index (χ3v) is 5.37. The number of benzene rings is 1. The minimum atomic E-state index is -0.508. The molecule has 0 fully saturated rings. The largest absolute Gasteiger partial charge is 0.455 e. The van der Waals surface area contributed by atoms with Gasteiger partial charge >= 0.3 is 0 Å². The first-order chi connectivity index (χ1) is 12.7. The van der Waals surface area contributed by atoms with Gasteiger partial charge in [0.15, 0.2) is 11.4 Å². The molecule has 1 aliphatic heterocycles. The zero-order chi connectivity index (χ0) is 17.7. The number of carbonyl (C=O) groups is 1. The Morgan fingerprint density at radius 2 is 2.35 bits per heavy atom. The average Bonchev–Trinajstić information content (AvgIpc) is 3.39. The summed E-state index contributed by atoms with van der Waals surface area (Å²) in [6, 6.07) is 6.05. The number of nitrogens with zero attached hydrogens (tertiary/aromatic N) is 3. The van der Waals surface area contributed by atoms with E-state index in [0.29, 0.717) is 29.0 Å². The Morgan fingerprint density at radius 1 is 1.42 bits per heavy atom. The van der Waals surface area contributed by atoms with E-state index < -0.39 is 11.9 Å². The van der Waals surface area contributed by atoms with E-state index in [1.54, 1.807) is 41.1 Å². The van der Waals surface area contributed by atoms with Crippen LogP contribution < -0.4 is 0 Å². The van der Waals surface area contributed by atoms with E-state index in [9.17, 15) is 9.18 Å². The number of carbonyl (C=O) groups excluding carboxylic acids is 1. The molecule has 130 valence electrons. The number of hydrogen-bond donors (Lipinski definition) is 1. The lowest BCUT2D eigenvalue weighted by molar-refractivity contribution is 0.0677. The van der Waals surface area contributed by atoms with Crippen molar-refractivity contribution in [1.29, 1.82) is 0 Å². The molecule has 1 amide bonds. The van der Waals surface area contributed by atoms with Crippen molar-refractivity contribution in [1.82, 2.24) is 19.9 Å². The minimum Gasteiger partial charge on any atom is -0.455 e. The van der Waals surface area contributed by atoms with Crippen LogP contribution in [0.1, 0.15) is 32.9 Å². The zero-order valence-electron chi connectivity index (χ0n) is 13.5. The summed E-state index contributed by atoms with van der Waals surface area (Å²) in [5.41, 5.74) is 3.51. The fourth-order valence-corrected chi connectivity index (χ4v) is 4.00. The summed E-state index contributed by atoms with van der Waals surface area (Å²) in [7, 11) is 0. The molecule has 1 atom stereocenters. The third kappa shape index (κ3) is 2.26. The lowest BCUT2D eigenvalue weighted by Gasteiger charge is -2.33. The molecule has 4 aromatic rings. The second-order valence-corrected chi connectivity index (χ2v) is 6.98. The normalized spacial score (nSPS) is 16.8. The molecule has 26 heavy (non-hydrogen) atoms. The van der Waals surface area contributed by atoms with Crippen molar-refractivity contribution in [3.63, 3.8) is 0 Å². The van der Waals surface area contributed by atoms with Crippen LogP contribution in [0.5, 0.6) is 0 Å². The van der Waals surface area contributed by atoms with Gasteiger partial charge in [-0.15, -0.1) is 11.3 Å². The molecule has 1 aromatic carbocycles. The Morgan fingerprint density at radius 3 is 3.15 bits per heavy atom. The van der Waals surface area contributed by atoms with Gasteiger partial charge in [0.2, 0.25) is 0 Å². The molecule has 0 saturated carbocycles. The molecule has 0 aliphatic carbocycles. The van der Waals surface area contributed by atoms with Gasteiger partial charge in [-0.25, -0.2) is 9.37 Å². The highest BCUT2D eigenvalue weighted by atomic mass is 32.1. The zero-order valence-corrected chi connectivity index (χ0v) is 14.3. The topological polar surface area (TPSA) is 75.0 Å². The van der Waals surface area contributed by atoms with Gasteiger partial charge < -0.3 is 14.3 Å². The second kappa shape index (κ2) is 5.77. The third-order valence-electron chi connectivity index (χ3n) is 4.61. The highest BCUT2D eigenvalue weighted by Crippen LogP contribution is 2.37. The highest BCUT2D eigenvalue weighted by molar-refractivity contribution is 7.11. The van der Waals surface area contributed by atoms with Crippen molar-refractivity contribution < 1.29 is 13.6 Å². The highest BCUT2D eigenvalue weighted by Gasteiger charge is 2.37. The Labute approximate surface area is 151 Å². The van der Waals surface area contributed by atoms with E-state index in [4.69, 9.17) is 4.42 Å². The van der Waals surface area contributed by atoms with Crippen LogP contribution in [0.3, 0.4) is 0 Å². The summed E-state index contributed by atoms with van der Waals surface area (Å²) in [4.78, 5) is 26.8. The number of H-pyrrole nitrogens is 1. The molecular weight excluding hydrogens is 355 g/mol. The molecule has 3 aromatic heterocycles. The van der Waals surface area contributed by atoms with Crippen LogP contribution in [0.15, 0.2) is 46.7 Å². The van der Waals surface area contributed by atoms with E-state index in [-0.39, 0.29) is 11.5 Å². The van der Waals surface area contributed by atoms with E-state index >= 15 is 0 Å². The van der Waals surface area contributed by atoms with Crippen molar-refractivity contribution in [2.45, 2.75) is 12.5 Å². The maximum atomic E-state index is 14.1. The molecule has 1 aliphatic rings. The lowest BCUT2D eigenvalue weighted by Crippen LogP contribution is -2.40. The summed E-state index contributed by atoms with van der Waals surface area (Å²) in [5, 5.41) is 0.660. The van der Waals surface area contributed by atoms with Crippen LogP contribution >= 0.6 is 11.3 Å². The van der Waals surface area contributed by atoms with Crippen molar-refractivity contribution in [3.05, 3.63) is 70.1 Å². The molecule has 8 heteroatoms. The number of fused-ring (bicyclic) bond motifs is 2. The Bertz CT molecular complexity index is 1100. The summed E-state index contributed by atoms with van der Waals surface area (Å²) >= 11 is 1.29. The van der Waals surface area contributed by atoms with Gasteiger partial charge in [-0.2, -0.15) is 0 Å². The average molecular weight is 368 g/mol. The van der Waals surface area contributed by atoms with Crippen LogP contribution in [0.25, 0.3) is 11.0 Å². The monoisotopic (exact) mass is 368 g/mol. The summed E-state index contributed by atoms with van der Waals surface area (Å²) in [5.74, 6) is -0.0600. The molecule has 1 N–H and O–H groups in total. The summed E-state index contributed by atoms with van der Waals surface area (Å²) in [6.45, 7) is 0.510. The van der Waals surface area contributed by atoms with Crippen molar-refractivity contribution in [2.75, 3.05) is 6.54 Å². The number of nitrogens with one attached hydrogen (secondary N) is 1. The van der Waals surface area contributed by atoms with Crippen LogP contribution in [-0.4, -0.2) is 32.3 Å². The van der Waals surface area contributed by atoms with Gasteiger partial charge in [0.25, 0.3) is 5.91 Å². The minimum absolute atomic E-state index is 0.132. The van der Waals surface area contributed by atoms with Gasteiger partial charge in [-0.1, -0.05) is 12.1 Å². The Hall–Kier alpha value is -3.00. The molecule has 0 unspecified atom stereocenters. The van der Waals surface area contributed by atoms with Crippen molar-refractivity contribution in [2.24, 2.45) is 0 Å². The number of amides is 1. The lowest BCUT2D eigenvalue weighted by atomic mass is 10.00. The number of aromatic amines is 1. The first kappa shape index (κ1) is 15.3. The van der Waals surface area contributed by atoms with E-state index in [2.05, 4.69) is 15.0 Å². The van der Waals surface area contributed by atoms with Gasteiger partial charge in [0.05, 0.1) is 23.7 Å². The molecule has 0 radical (unpaired) electrons. The SMILES string of the molecule is O=C(c1cncs1)N1CCc2[nH]cnc2[C@@H]1c1cc2cccc(F)c2o1. The van der Waals surface area contributed by atoms with Gasteiger partial charge in [0.1, 0.15) is 16.7 Å². The number of hydrogen-bond acceptors (Lipinski definition) is 5. The van der Waals surface area contributed by atoms with Crippen LogP contribution in [0, 0.1) is 5.82 Å². The maximum Gasteiger partial charge on any atom is 0.266 e. The fourth-order valence-electron chi connectivity index (χ4n) is 3.43.